The van der Waals surface area contributed by atoms with Gasteiger partial charge in [0.1, 0.15) is 5.82 Å². The first-order chi connectivity index (χ1) is 10.9. The van der Waals surface area contributed by atoms with Gasteiger partial charge < -0.3 is 5.11 Å². The van der Waals surface area contributed by atoms with Crippen LogP contribution in [0.15, 0.2) is 36.4 Å². The van der Waals surface area contributed by atoms with Crippen molar-refractivity contribution in [2.24, 2.45) is 0 Å². The summed E-state index contributed by atoms with van der Waals surface area (Å²) < 4.78 is 14.2. The lowest BCUT2D eigenvalue weighted by molar-refractivity contribution is 0.0698. The maximum atomic E-state index is 14.2. The maximum absolute atomic E-state index is 14.2. The lowest BCUT2D eigenvalue weighted by Crippen LogP contribution is -2.05. The fourth-order valence-corrected chi connectivity index (χ4v) is 2.86. The van der Waals surface area contributed by atoms with E-state index in [1.165, 1.54) is 6.07 Å². The topological polar surface area (TPSA) is 50.2 Å². The van der Waals surface area contributed by atoms with Gasteiger partial charge in [0, 0.05) is 16.0 Å². The largest absolute Gasteiger partial charge is 0.478 e. The molecule has 1 aromatic heterocycles. The molecular formula is C18H13ClFNO2. The minimum absolute atomic E-state index is 0.0911. The molecule has 116 valence electrons. The van der Waals surface area contributed by atoms with Gasteiger partial charge in [-0.05, 0) is 49.7 Å². The van der Waals surface area contributed by atoms with Crippen LogP contribution in [0.2, 0.25) is 5.02 Å². The zero-order valence-electron chi connectivity index (χ0n) is 12.5. The van der Waals surface area contributed by atoms with Gasteiger partial charge in [0.05, 0.1) is 16.8 Å². The minimum atomic E-state index is -1.09. The van der Waals surface area contributed by atoms with Gasteiger partial charge in [0.15, 0.2) is 0 Å². The highest BCUT2D eigenvalue weighted by Gasteiger charge is 2.20. The van der Waals surface area contributed by atoms with Gasteiger partial charge in [-0.1, -0.05) is 23.2 Å². The Labute approximate surface area is 137 Å². The number of rotatable bonds is 2. The molecule has 0 amide bonds. The van der Waals surface area contributed by atoms with Gasteiger partial charge in [0.2, 0.25) is 0 Å². The van der Waals surface area contributed by atoms with Gasteiger partial charge in [-0.3, -0.25) is 0 Å². The highest BCUT2D eigenvalue weighted by Crippen LogP contribution is 2.32. The predicted octanol–water partition coefficient (Wildman–Crippen LogP) is 5.01. The normalized spacial score (nSPS) is 11.0. The number of halogens is 2. The van der Waals surface area contributed by atoms with Crippen molar-refractivity contribution < 1.29 is 14.3 Å². The summed E-state index contributed by atoms with van der Waals surface area (Å²) in [6, 6.07) is 9.52. The predicted molar refractivity (Wildman–Crippen MR) is 88.6 cm³/mol. The lowest BCUT2D eigenvalue weighted by Gasteiger charge is -2.13. The first-order valence-corrected chi connectivity index (χ1v) is 7.36. The summed E-state index contributed by atoms with van der Waals surface area (Å²) in [5.74, 6) is -1.53. The first kappa shape index (κ1) is 15.4. The summed E-state index contributed by atoms with van der Waals surface area (Å²) in [7, 11) is 0. The summed E-state index contributed by atoms with van der Waals surface area (Å²) in [4.78, 5) is 16.2. The second-order valence-corrected chi connectivity index (χ2v) is 5.85. The molecule has 0 fully saturated rings. The highest BCUT2D eigenvalue weighted by atomic mass is 35.5. The summed E-state index contributed by atoms with van der Waals surface area (Å²) >= 11 is 5.97. The molecule has 23 heavy (non-hydrogen) atoms. The number of aromatic nitrogens is 1. The number of nitrogens with zero attached hydrogens (tertiary/aromatic N) is 1. The third kappa shape index (κ3) is 2.66. The van der Waals surface area contributed by atoms with Crippen molar-refractivity contribution in [3.05, 3.63) is 63.9 Å². The van der Waals surface area contributed by atoms with Crippen LogP contribution >= 0.6 is 11.6 Å². The van der Waals surface area contributed by atoms with Crippen molar-refractivity contribution in [3.63, 3.8) is 0 Å². The van der Waals surface area contributed by atoms with E-state index in [1.54, 1.807) is 37.3 Å². The van der Waals surface area contributed by atoms with Gasteiger partial charge in [-0.25, -0.2) is 14.2 Å². The Balaban J connectivity index is 2.43. The third-order valence-electron chi connectivity index (χ3n) is 3.78. The molecule has 0 bridgehead atoms. The fourth-order valence-electron chi connectivity index (χ4n) is 2.69. The standard InChI is InChI=1S/C18H13ClFNO2/c1-9-3-5-14(20)12(7-9)17-10(2)16(18(22)23)13-8-11(19)4-6-15(13)21-17/h3-8H,1-2H3,(H,22,23). The second-order valence-electron chi connectivity index (χ2n) is 5.41. The van der Waals surface area contributed by atoms with E-state index in [2.05, 4.69) is 4.98 Å². The SMILES string of the molecule is Cc1ccc(F)c(-c2nc3ccc(Cl)cc3c(C(=O)O)c2C)c1. The second kappa shape index (κ2) is 5.63. The number of fused-ring (bicyclic) bond motifs is 1. The molecule has 3 rings (SSSR count). The number of aromatic carboxylic acids is 1. The molecule has 1 N–H and O–H groups in total. The molecule has 0 spiro atoms. The van der Waals surface area contributed by atoms with E-state index in [-0.39, 0.29) is 5.56 Å². The van der Waals surface area contributed by atoms with Crippen molar-refractivity contribution in [2.45, 2.75) is 13.8 Å². The van der Waals surface area contributed by atoms with Crippen molar-refractivity contribution in [2.75, 3.05) is 0 Å². The minimum Gasteiger partial charge on any atom is -0.478 e. The van der Waals surface area contributed by atoms with Gasteiger partial charge in [-0.15, -0.1) is 0 Å². The monoisotopic (exact) mass is 329 g/mol. The van der Waals surface area contributed by atoms with Crippen molar-refractivity contribution in [3.8, 4) is 11.3 Å². The lowest BCUT2D eigenvalue weighted by atomic mass is 9.97. The van der Waals surface area contributed by atoms with Crippen LogP contribution in [0.5, 0.6) is 0 Å². The molecule has 0 saturated carbocycles. The number of pyridine rings is 1. The average Bonchev–Trinajstić information content (AvgIpc) is 2.49. The van der Waals surface area contributed by atoms with Crippen LogP contribution in [0.1, 0.15) is 21.5 Å². The zero-order chi connectivity index (χ0) is 16.7. The molecule has 3 aromatic rings. The van der Waals surface area contributed by atoms with Crippen LogP contribution in [0.4, 0.5) is 4.39 Å². The van der Waals surface area contributed by atoms with E-state index in [9.17, 15) is 14.3 Å². The number of carbonyl (C=O) groups is 1. The molecule has 0 radical (unpaired) electrons. The van der Waals surface area contributed by atoms with Gasteiger partial charge in [-0.2, -0.15) is 0 Å². The zero-order valence-corrected chi connectivity index (χ0v) is 13.3. The summed E-state index contributed by atoms with van der Waals surface area (Å²) in [6.45, 7) is 3.48. The van der Waals surface area contributed by atoms with E-state index in [4.69, 9.17) is 11.6 Å². The first-order valence-electron chi connectivity index (χ1n) is 6.98. The molecule has 1 heterocycles. The number of hydrogen-bond acceptors (Lipinski definition) is 2. The molecule has 3 nitrogen and oxygen atoms in total. The number of benzene rings is 2. The Morgan fingerprint density at radius 3 is 2.61 bits per heavy atom. The maximum Gasteiger partial charge on any atom is 0.336 e. The molecule has 2 aromatic carbocycles. The summed E-state index contributed by atoms with van der Waals surface area (Å²) in [5.41, 5.74) is 2.47. The number of hydrogen-bond donors (Lipinski definition) is 1. The summed E-state index contributed by atoms with van der Waals surface area (Å²) in [5, 5.41) is 10.5. The Kier molecular flexibility index (Phi) is 3.78. The molecule has 0 atom stereocenters. The number of carboxylic acid groups (broad SMARTS) is 1. The van der Waals surface area contributed by atoms with Crippen LogP contribution in [-0.4, -0.2) is 16.1 Å². The number of aryl methyl sites for hydroxylation is 1. The fraction of sp³-hybridized carbons (Fsp3) is 0.111. The van der Waals surface area contributed by atoms with Crippen LogP contribution < -0.4 is 0 Å². The Bertz CT molecular complexity index is 953. The molecule has 0 saturated heterocycles. The van der Waals surface area contributed by atoms with Crippen molar-refractivity contribution in [1.29, 1.82) is 0 Å². The Morgan fingerprint density at radius 1 is 1.17 bits per heavy atom. The highest BCUT2D eigenvalue weighted by molar-refractivity contribution is 6.31. The van der Waals surface area contributed by atoms with Gasteiger partial charge in [0.25, 0.3) is 0 Å². The van der Waals surface area contributed by atoms with E-state index in [0.717, 1.165) is 5.56 Å². The van der Waals surface area contributed by atoms with E-state index in [0.29, 0.717) is 32.7 Å². The molecule has 0 aliphatic carbocycles. The van der Waals surface area contributed by atoms with Crippen LogP contribution in [0.25, 0.3) is 22.2 Å². The quantitative estimate of drug-likeness (QED) is 0.719. The van der Waals surface area contributed by atoms with Crippen LogP contribution in [-0.2, 0) is 0 Å². The van der Waals surface area contributed by atoms with E-state index < -0.39 is 11.8 Å². The molecule has 5 heteroatoms. The molecule has 0 unspecified atom stereocenters. The third-order valence-corrected chi connectivity index (χ3v) is 4.02. The van der Waals surface area contributed by atoms with E-state index in [1.807, 2.05) is 6.92 Å². The summed E-state index contributed by atoms with van der Waals surface area (Å²) in [6.07, 6.45) is 0. The molecule has 0 aliphatic rings. The van der Waals surface area contributed by atoms with Crippen LogP contribution in [0, 0.1) is 19.7 Å². The molecule has 0 aliphatic heterocycles. The van der Waals surface area contributed by atoms with Crippen LogP contribution in [0.3, 0.4) is 0 Å². The number of carboxylic acids is 1. The van der Waals surface area contributed by atoms with Crippen molar-refractivity contribution >= 4 is 28.5 Å². The van der Waals surface area contributed by atoms with Gasteiger partial charge >= 0.3 is 5.97 Å². The van der Waals surface area contributed by atoms with E-state index >= 15 is 0 Å². The molecular weight excluding hydrogens is 317 g/mol. The van der Waals surface area contributed by atoms with Crippen molar-refractivity contribution in [1.82, 2.24) is 4.98 Å². The Hall–Kier alpha value is -2.46. The Morgan fingerprint density at radius 2 is 1.91 bits per heavy atom. The average molecular weight is 330 g/mol. The smallest absolute Gasteiger partial charge is 0.336 e.